The van der Waals surface area contributed by atoms with E-state index >= 15 is 0 Å². The van der Waals surface area contributed by atoms with Crippen LogP contribution in [0.2, 0.25) is 0 Å². The van der Waals surface area contributed by atoms with Crippen LogP contribution in [0.3, 0.4) is 0 Å². The van der Waals surface area contributed by atoms with Crippen molar-refractivity contribution in [1.29, 1.82) is 0 Å². The lowest BCUT2D eigenvalue weighted by Crippen LogP contribution is -2.35. The van der Waals surface area contributed by atoms with E-state index < -0.39 is 11.9 Å². The molecule has 0 radical (unpaired) electrons. The Balaban J connectivity index is 1.99. The summed E-state index contributed by atoms with van der Waals surface area (Å²) in [5, 5.41) is 8.87. The number of rotatable bonds is 5. The molecule has 1 saturated heterocycles. The first-order chi connectivity index (χ1) is 9.56. The van der Waals surface area contributed by atoms with Gasteiger partial charge in [-0.25, -0.2) is 4.39 Å². The third-order valence-electron chi connectivity index (χ3n) is 3.58. The van der Waals surface area contributed by atoms with Crippen molar-refractivity contribution >= 4 is 5.97 Å². The van der Waals surface area contributed by atoms with Crippen LogP contribution in [0, 0.1) is 11.7 Å². The van der Waals surface area contributed by atoms with E-state index in [1.807, 2.05) is 6.07 Å². The summed E-state index contributed by atoms with van der Waals surface area (Å²) in [6.07, 6.45) is 0.351. The van der Waals surface area contributed by atoms with Gasteiger partial charge in [0, 0.05) is 25.2 Å². The molecule has 0 aliphatic carbocycles. The maximum absolute atomic E-state index is 14.1. The number of hydrogen-bond donors (Lipinski definition) is 1. The summed E-state index contributed by atoms with van der Waals surface area (Å²) in [4.78, 5) is 13.0. The van der Waals surface area contributed by atoms with E-state index in [1.54, 1.807) is 13.0 Å². The van der Waals surface area contributed by atoms with Gasteiger partial charge in [-0.15, -0.1) is 0 Å². The van der Waals surface area contributed by atoms with Crippen molar-refractivity contribution in [2.75, 3.05) is 26.3 Å². The van der Waals surface area contributed by atoms with E-state index in [4.69, 9.17) is 9.84 Å². The predicted molar refractivity (Wildman–Crippen MR) is 73.0 cm³/mol. The number of halogens is 1. The number of carbonyl (C=O) groups is 1. The maximum atomic E-state index is 14.1. The van der Waals surface area contributed by atoms with Crippen LogP contribution < -0.4 is 0 Å². The summed E-state index contributed by atoms with van der Waals surface area (Å²) in [7, 11) is 0. The van der Waals surface area contributed by atoms with Crippen LogP contribution in [-0.4, -0.2) is 42.3 Å². The summed E-state index contributed by atoms with van der Waals surface area (Å²) in [6, 6.07) is 5.03. The third kappa shape index (κ3) is 4.02. The van der Waals surface area contributed by atoms with Gasteiger partial charge in [0.05, 0.1) is 19.1 Å². The molecule has 1 aromatic carbocycles. The van der Waals surface area contributed by atoms with E-state index in [0.717, 1.165) is 18.7 Å². The van der Waals surface area contributed by atoms with Crippen molar-refractivity contribution in [3.63, 3.8) is 0 Å². The molecule has 1 heterocycles. The number of carboxylic acids is 1. The molecule has 0 saturated carbocycles. The van der Waals surface area contributed by atoms with Gasteiger partial charge in [-0.3, -0.25) is 9.69 Å². The lowest BCUT2D eigenvalue weighted by atomic mass is 10.00. The molecule has 0 amide bonds. The Morgan fingerprint density at radius 1 is 1.45 bits per heavy atom. The highest BCUT2D eigenvalue weighted by atomic mass is 19.1. The Hall–Kier alpha value is -1.46. The zero-order valence-electron chi connectivity index (χ0n) is 11.6. The highest BCUT2D eigenvalue weighted by Gasteiger charge is 2.15. The van der Waals surface area contributed by atoms with Gasteiger partial charge in [0.25, 0.3) is 0 Å². The molecule has 1 aliphatic rings. The van der Waals surface area contributed by atoms with E-state index in [9.17, 15) is 9.18 Å². The molecule has 1 aliphatic heterocycles. The summed E-state index contributed by atoms with van der Waals surface area (Å²) >= 11 is 0. The second-order valence-electron chi connectivity index (χ2n) is 5.26. The van der Waals surface area contributed by atoms with E-state index in [1.165, 1.54) is 6.07 Å². The lowest BCUT2D eigenvalue weighted by molar-refractivity contribution is -0.141. The molecule has 1 N–H and O–H groups in total. The van der Waals surface area contributed by atoms with Crippen molar-refractivity contribution in [1.82, 2.24) is 4.90 Å². The van der Waals surface area contributed by atoms with E-state index in [2.05, 4.69) is 4.90 Å². The highest BCUT2D eigenvalue weighted by molar-refractivity contribution is 5.69. The topological polar surface area (TPSA) is 49.8 Å². The zero-order chi connectivity index (χ0) is 14.5. The van der Waals surface area contributed by atoms with Gasteiger partial charge in [-0.1, -0.05) is 19.1 Å². The van der Waals surface area contributed by atoms with Crippen molar-refractivity contribution in [2.45, 2.75) is 19.9 Å². The highest BCUT2D eigenvalue weighted by Crippen LogP contribution is 2.16. The van der Waals surface area contributed by atoms with Crippen LogP contribution in [0.5, 0.6) is 0 Å². The first kappa shape index (κ1) is 14.9. The molecule has 110 valence electrons. The predicted octanol–water partition coefficient (Wildman–Crippen LogP) is 1.92. The number of ether oxygens (including phenoxy) is 1. The Bertz CT molecular complexity index is 472. The Morgan fingerprint density at radius 3 is 2.75 bits per heavy atom. The monoisotopic (exact) mass is 281 g/mol. The number of nitrogens with zero attached hydrogens (tertiary/aromatic N) is 1. The van der Waals surface area contributed by atoms with Crippen LogP contribution >= 0.6 is 0 Å². The normalized spacial score (nSPS) is 17.9. The molecule has 1 unspecified atom stereocenters. The fraction of sp³-hybridized carbons (Fsp3) is 0.533. The van der Waals surface area contributed by atoms with Gasteiger partial charge in [0.2, 0.25) is 0 Å². The van der Waals surface area contributed by atoms with Crippen molar-refractivity contribution in [3.05, 3.63) is 35.1 Å². The molecule has 4 nitrogen and oxygen atoms in total. The Labute approximate surface area is 118 Å². The summed E-state index contributed by atoms with van der Waals surface area (Å²) in [5.41, 5.74) is 1.38. The zero-order valence-corrected chi connectivity index (χ0v) is 11.6. The van der Waals surface area contributed by atoms with Gasteiger partial charge in [0.15, 0.2) is 0 Å². The smallest absolute Gasteiger partial charge is 0.306 e. The standard InChI is InChI=1S/C15H20FNO3/c1-11(15(18)19)8-12-2-3-13(14(16)9-12)10-17-4-6-20-7-5-17/h2-3,9,11H,4-8,10H2,1H3,(H,18,19). The molecule has 1 atom stereocenters. The van der Waals surface area contributed by atoms with Crippen LogP contribution in [0.4, 0.5) is 4.39 Å². The molecular formula is C15H20FNO3. The van der Waals surface area contributed by atoms with Crippen LogP contribution in [0.1, 0.15) is 18.1 Å². The van der Waals surface area contributed by atoms with Crippen LogP contribution in [0.15, 0.2) is 18.2 Å². The summed E-state index contributed by atoms with van der Waals surface area (Å²) < 4.78 is 19.3. The SMILES string of the molecule is CC(Cc1ccc(CN2CCOCC2)c(F)c1)C(=O)O. The molecule has 2 rings (SSSR count). The first-order valence-electron chi connectivity index (χ1n) is 6.86. The lowest BCUT2D eigenvalue weighted by Gasteiger charge is -2.26. The Kier molecular flexibility index (Phi) is 5.09. The average molecular weight is 281 g/mol. The molecule has 0 bridgehead atoms. The quantitative estimate of drug-likeness (QED) is 0.896. The summed E-state index contributed by atoms with van der Waals surface area (Å²) in [6.45, 7) is 5.21. The largest absolute Gasteiger partial charge is 0.481 e. The average Bonchev–Trinajstić information content (AvgIpc) is 2.43. The third-order valence-corrected chi connectivity index (χ3v) is 3.58. The second kappa shape index (κ2) is 6.81. The Morgan fingerprint density at radius 2 is 2.15 bits per heavy atom. The molecular weight excluding hydrogens is 261 g/mol. The van der Waals surface area contributed by atoms with Crippen molar-refractivity contribution in [2.24, 2.45) is 5.92 Å². The fourth-order valence-electron chi connectivity index (χ4n) is 2.29. The van der Waals surface area contributed by atoms with Crippen LogP contribution in [-0.2, 0) is 22.5 Å². The fourth-order valence-corrected chi connectivity index (χ4v) is 2.29. The number of morpholine rings is 1. The minimum absolute atomic E-state index is 0.258. The van der Waals surface area contributed by atoms with Gasteiger partial charge in [0.1, 0.15) is 5.82 Å². The number of hydrogen-bond acceptors (Lipinski definition) is 3. The number of aliphatic carboxylic acids is 1. The van der Waals surface area contributed by atoms with Gasteiger partial charge in [-0.05, 0) is 18.1 Å². The maximum Gasteiger partial charge on any atom is 0.306 e. The molecule has 5 heteroatoms. The van der Waals surface area contributed by atoms with Gasteiger partial charge >= 0.3 is 5.97 Å². The summed E-state index contributed by atoms with van der Waals surface area (Å²) in [5.74, 6) is -1.62. The number of benzene rings is 1. The van der Waals surface area contributed by atoms with Gasteiger partial charge in [-0.2, -0.15) is 0 Å². The van der Waals surface area contributed by atoms with Crippen LogP contribution in [0.25, 0.3) is 0 Å². The van der Waals surface area contributed by atoms with Crippen molar-refractivity contribution in [3.8, 4) is 0 Å². The van der Waals surface area contributed by atoms with Crippen molar-refractivity contribution < 1.29 is 19.0 Å². The minimum Gasteiger partial charge on any atom is -0.481 e. The molecule has 1 fully saturated rings. The molecule has 20 heavy (non-hydrogen) atoms. The molecule has 0 aromatic heterocycles. The van der Waals surface area contributed by atoms with Gasteiger partial charge < -0.3 is 9.84 Å². The first-order valence-corrected chi connectivity index (χ1v) is 6.86. The van der Waals surface area contributed by atoms with E-state index in [0.29, 0.717) is 31.7 Å². The van der Waals surface area contributed by atoms with E-state index in [-0.39, 0.29) is 5.82 Å². The molecule has 1 aromatic rings. The molecule has 0 spiro atoms. The number of carboxylic acid groups (broad SMARTS) is 1. The second-order valence-corrected chi connectivity index (χ2v) is 5.26. The minimum atomic E-state index is -0.859.